The Morgan fingerprint density at radius 1 is 1.18 bits per heavy atom. The molecule has 1 saturated heterocycles. The van der Waals surface area contributed by atoms with Crippen LogP contribution in [0.2, 0.25) is 0 Å². The van der Waals surface area contributed by atoms with E-state index in [9.17, 15) is 0 Å². The molecule has 1 spiro atoms. The van der Waals surface area contributed by atoms with Gasteiger partial charge in [-0.25, -0.2) is 4.98 Å². The third-order valence-corrected chi connectivity index (χ3v) is 6.63. The maximum atomic E-state index is 6.21. The summed E-state index contributed by atoms with van der Waals surface area (Å²) in [7, 11) is 1.70. The fraction of sp³-hybridized carbons (Fsp3) is 0.308. The second-order valence-electron chi connectivity index (χ2n) is 8.66. The second-order valence-corrected chi connectivity index (χ2v) is 8.66. The van der Waals surface area contributed by atoms with Crippen LogP contribution in [0.3, 0.4) is 0 Å². The van der Waals surface area contributed by atoms with Crippen LogP contribution in [0.25, 0.3) is 11.8 Å². The van der Waals surface area contributed by atoms with Crippen molar-refractivity contribution >= 4 is 11.9 Å². The Morgan fingerprint density at radius 3 is 2.94 bits per heavy atom. The number of para-hydroxylation sites is 1. The van der Waals surface area contributed by atoms with Crippen LogP contribution in [0.5, 0.6) is 11.5 Å². The Hall–Kier alpha value is -3.74. The molecule has 1 aromatic heterocycles. The first-order chi connectivity index (χ1) is 16.2. The summed E-state index contributed by atoms with van der Waals surface area (Å²) in [5, 5.41) is 4.60. The van der Waals surface area contributed by atoms with Crippen molar-refractivity contribution in [2.75, 3.05) is 20.3 Å². The molecule has 0 N–H and O–H groups in total. The Kier molecular flexibility index (Phi) is 4.64. The standard InChI is InChI=1S/C26H26N4O3/c1-18-16-29(17-27-18)22-10-9-19(15-24(22)31-2)14-20-6-5-12-30-25(20)28-33-26(30)11-13-32-23-8-4-3-7-21(23)26/h3-4,7-10,14-17H,5-6,11-13H2,1-2H3/b20-14+. The van der Waals surface area contributed by atoms with Crippen molar-refractivity contribution in [1.29, 1.82) is 0 Å². The van der Waals surface area contributed by atoms with Gasteiger partial charge in [-0.1, -0.05) is 23.4 Å². The van der Waals surface area contributed by atoms with Gasteiger partial charge < -0.3 is 23.8 Å². The summed E-state index contributed by atoms with van der Waals surface area (Å²) in [6.45, 7) is 3.50. The van der Waals surface area contributed by atoms with E-state index in [0.29, 0.717) is 6.61 Å². The van der Waals surface area contributed by atoms with Gasteiger partial charge in [0.25, 0.3) is 0 Å². The number of benzene rings is 2. The Morgan fingerprint density at radius 2 is 2.09 bits per heavy atom. The van der Waals surface area contributed by atoms with Crippen LogP contribution in [-0.4, -0.2) is 40.5 Å². The lowest BCUT2D eigenvalue weighted by atomic mass is 9.91. The number of aromatic nitrogens is 2. The smallest absolute Gasteiger partial charge is 0.244 e. The molecule has 0 amide bonds. The SMILES string of the molecule is COc1cc(/C=C2\CCCN3C2=NOC32CCOc3ccccc32)ccc1-n1cnc(C)c1. The number of hydrogen-bond donors (Lipinski definition) is 0. The second kappa shape index (κ2) is 7.69. The fourth-order valence-corrected chi connectivity index (χ4v) is 5.06. The van der Waals surface area contributed by atoms with Crippen molar-refractivity contribution in [2.45, 2.75) is 31.9 Å². The molecule has 0 bridgehead atoms. The summed E-state index contributed by atoms with van der Waals surface area (Å²) >= 11 is 0. The van der Waals surface area contributed by atoms with Crippen molar-refractivity contribution < 1.29 is 14.3 Å². The summed E-state index contributed by atoms with van der Waals surface area (Å²) in [5.74, 6) is 2.60. The van der Waals surface area contributed by atoms with E-state index in [2.05, 4.69) is 45.4 Å². The zero-order valence-electron chi connectivity index (χ0n) is 18.8. The molecule has 0 saturated carbocycles. The number of imidazole rings is 1. The van der Waals surface area contributed by atoms with Crippen LogP contribution in [-0.2, 0) is 10.6 Å². The van der Waals surface area contributed by atoms with Crippen molar-refractivity contribution in [3.05, 3.63) is 77.4 Å². The molecule has 1 fully saturated rings. The molecule has 3 aromatic rings. The fourth-order valence-electron chi connectivity index (χ4n) is 5.06. The number of amidine groups is 1. The van der Waals surface area contributed by atoms with Gasteiger partial charge in [0.15, 0.2) is 5.84 Å². The van der Waals surface area contributed by atoms with E-state index < -0.39 is 5.72 Å². The van der Waals surface area contributed by atoms with Gasteiger partial charge in [-0.05, 0) is 61.2 Å². The molecule has 168 valence electrons. The van der Waals surface area contributed by atoms with E-state index in [1.165, 1.54) is 5.57 Å². The van der Waals surface area contributed by atoms with Crippen LogP contribution in [0.4, 0.5) is 0 Å². The molecule has 7 heteroatoms. The topological polar surface area (TPSA) is 61.1 Å². The quantitative estimate of drug-likeness (QED) is 0.591. The number of fused-ring (bicyclic) bond motifs is 4. The average molecular weight is 443 g/mol. The first-order valence-corrected chi connectivity index (χ1v) is 11.3. The molecule has 3 aliphatic rings. The highest BCUT2D eigenvalue weighted by Gasteiger charge is 2.52. The third kappa shape index (κ3) is 3.18. The lowest BCUT2D eigenvalue weighted by Gasteiger charge is -2.42. The molecule has 0 aliphatic carbocycles. The molecule has 2 aromatic carbocycles. The highest BCUT2D eigenvalue weighted by atomic mass is 16.7. The van der Waals surface area contributed by atoms with Gasteiger partial charge in [0.05, 0.1) is 37.0 Å². The number of piperidine rings is 1. The average Bonchev–Trinajstić information content (AvgIpc) is 3.44. The molecule has 4 heterocycles. The number of rotatable bonds is 3. The van der Waals surface area contributed by atoms with Crippen LogP contribution in [0, 0.1) is 6.92 Å². The first-order valence-electron chi connectivity index (χ1n) is 11.3. The van der Waals surface area contributed by atoms with E-state index in [0.717, 1.165) is 65.7 Å². The number of ether oxygens (including phenoxy) is 2. The van der Waals surface area contributed by atoms with Crippen LogP contribution in [0.15, 0.2) is 65.7 Å². The number of nitrogens with zero attached hydrogens (tertiary/aromatic N) is 4. The summed E-state index contributed by atoms with van der Waals surface area (Å²) in [6, 6.07) is 14.4. The third-order valence-electron chi connectivity index (χ3n) is 6.63. The van der Waals surface area contributed by atoms with Crippen molar-refractivity contribution in [2.24, 2.45) is 5.16 Å². The van der Waals surface area contributed by atoms with E-state index in [1.54, 1.807) is 13.4 Å². The highest BCUT2D eigenvalue weighted by Crippen LogP contribution is 2.47. The minimum atomic E-state index is -0.579. The molecule has 6 rings (SSSR count). The lowest BCUT2D eigenvalue weighted by Crippen LogP contribution is -2.51. The van der Waals surface area contributed by atoms with Crippen LogP contribution >= 0.6 is 0 Å². The van der Waals surface area contributed by atoms with Gasteiger partial charge in [0.2, 0.25) is 5.72 Å². The zero-order valence-corrected chi connectivity index (χ0v) is 18.8. The van der Waals surface area contributed by atoms with Crippen LogP contribution in [0.1, 0.15) is 36.1 Å². The van der Waals surface area contributed by atoms with Crippen molar-refractivity contribution in [1.82, 2.24) is 14.5 Å². The van der Waals surface area contributed by atoms with E-state index >= 15 is 0 Å². The number of hydrogen-bond acceptors (Lipinski definition) is 6. The minimum Gasteiger partial charge on any atom is -0.495 e. The summed E-state index contributed by atoms with van der Waals surface area (Å²) < 4.78 is 13.6. The highest BCUT2D eigenvalue weighted by molar-refractivity contribution is 6.03. The molecule has 3 aliphatic heterocycles. The van der Waals surface area contributed by atoms with Gasteiger partial charge in [-0.2, -0.15) is 0 Å². The number of methoxy groups -OCH3 is 1. The zero-order chi connectivity index (χ0) is 22.4. The lowest BCUT2D eigenvalue weighted by molar-refractivity contribution is -0.128. The normalized spacial score (nSPS) is 22.4. The maximum Gasteiger partial charge on any atom is 0.244 e. The summed E-state index contributed by atoms with van der Waals surface area (Å²) in [6.07, 6.45) is 8.74. The largest absolute Gasteiger partial charge is 0.495 e. The van der Waals surface area contributed by atoms with Crippen molar-refractivity contribution in [3.63, 3.8) is 0 Å². The van der Waals surface area contributed by atoms with E-state index in [4.69, 9.17) is 14.3 Å². The molecule has 7 nitrogen and oxygen atoms in total. The summed E-state index contributed by atoms with van der Waals surface area (Å²) in [4.78, 5) is 12.9. The van der Waals surface area contributed by atoms with Gasteiger partial charge in [-0.15, -0.1) is 0 Å². The van der Waals surface area contributed by atoms with E-state index in [-0.39, 0.29) is 0 Å². The molecule has 33 heavy (non-hydrogen) atoms. The Balaban J connectivity index is 1.34. The summed E-state index contributed by atoms with van der Waals surface area (Å²) in [5.41, 5.74) is 4.65. The number of aryl methyl sites for hydroxylation is 1. The minimum absolute atomic E-state index is 0.579. The molecule has 1 atom stereocenters. The molecular formula is C26H26N4O3. The van der Waals surface area contributed by atoms with Crippen LogP contribution < -0.4 is 9.47 Å². The van der Waals surface area contributed by atoms with Gasteiger partial charge in [-0.3, -0.25) is 0 Å². The van der Waals surface area contributed by atoms with Crippen molar-refractivity contribution in [3.8, 4) is 17.2 Å². The number of oxime groups is 1. The predicted molar refractivity (Wildman–Crippen MR) is 126 cm³/mol. The molecular weight excluding hydrogens is 416 g/mol. The van der Waals surface area contributed by atoms with E-state index in [1.807, 2.05) is 35.9 Å². The Bertz CT molecular complexity index is 1280. The predicted octanol–water partition coefficient (Wildman–Crippen LogP) is 4.65. The van der Waals surface area contributed by atoms with Gasteiger partial charge in [0.1, 0.15) is 11.5 Å². The molecule has 1 unspecified atom stereocenters. The maximum absolute atomic E-state index is 6.21. The van der Waals surface area contributed by atoms with Gasteiger partial charge >= 0.3 is 0 Å². The first kappa shape index (κ1) is 19.9. The Labute approximate surface area is 192 Å². The van der Waals surface area contributed by atoms with Gasteiger partial charge in [0, 0.05) is 19.2 Å². The monoisotopic (exact) mass is 442 g/mol. The molecule has 0 radical (unpaired) electrons.